The number of nitrogens with zero attached hydrogens (tertiary/aromatic N) is 2. The minimum Gasteiger partial charge on any atom is -0.496 e. The highest BCUT2D eigenvalue weighted by Crippen LogP contribution is 2.24. The Morgan fingerprint density at radius 3 is 2.32 bits per heavy atom. The van der Waals surface area contributed by atoms with Crippen LogP contribution in [0.3, 0.4) is 0 Å². The molecule has 0 bridgehead atoms. The van der Waals surface area contributed by atoms with Crippen LogP contribution >= 0.6 is 0 Å². The van der Waals surface area contributed by atoms with Crippen molar-refractivity contribution >= 4 is 17.5 Å². The van der Waals surface area contributed by atoms with Gasteiger partial charge in [0.2, 0.25) is 0 Å². The van der Waals surface area contributed by atoms with Crippen LogP contribution in [0, 0.1) is 0 Å². The highest BCUT2D eigenvalue weighted by Gasteiger charge is 2.28. The van der Waals surface area contributed by atoms with Gasteiger partial charge < -0.3 is 24.7 Å². The molecule has 0 radical (unpaired) electrons. The van der Waals surface area contributed by atoms with Gasteiger partial charge in [0.25, 0.3) is 0 Å². The van der Waals surface area contributed by atoms with Crippen LogP contribution in [-0.2, 0) is 16.1 Å². The smallest absolute Gasteiger partial charge is 0.309 e. The van der Waals surface area contributed by atoms with Crippen LogP contribution < -0.4 is 20.3 Å². The van der Waals surface area contributed by atoms with Gasteiger partial charge in [-0.3, -0.25) is 14.5 Å². The van der Waals surface area contributed by atoms with Crippen LogP contribution in [0.5, 0.6) is 5.75 Å². The number of anilines is 1. The fraction of sp³-hybridized carbons (Fsp3) is 0.308. The predicted octanol–water partition coefficient (Wildman–Crippen LogP) is 2.58. The molecule has 0 spiro atoms. The standard InChI is InChI=1S/C26H30N4O4/c1-33-23-11-6-5-8-20(23)18-27-25(31)26(32)28-19-22(24-12-7-17-34-24)30-15-13-29(14-16-30)21-9-3-2-4-10-21/h2-12,17,22H,13-16,18-19H2,1H3,(H,27,31)(H,28,32). The zero-order chi connectivity index (χ0) is 23.8. The number of benzene rings is 2. The third kappa shape index (κ3) is 5.77. The summed E-state index contributed by atoms with van der Waals surface area (Å²) < 4.78 is 11.0. The maximum Gasteiger partial charge on any atom is 0.309 e. The lowest BCUT2D eigenvalue weighted by Crippen LogP contribution is -2.50. The Kier molecular flexibility index (Phi) is 7.83. The third-order valence-corrected chi connectivity index (χ3v) is 6.04. The zero-order valence-corrected chi connectivity index (χ0v) is 19.3. The summed E-state index contributed by atoms with van der Waals surface area (Å²) in [5.41, 5.74) is 2.01. The van der Waals surface area contributed by atoms with Crippen molar-refractivity contribution in [2.45, 2.75) is 12.6 Å². The summed E-state index contributed by atoms with van der Waals surface area (Å²) in [5.74, 6) is 0.0750. The monoisotopic (exact) mass is 462 g/mol. The number of hydrogen-bond donors (Lipinski definition) is 2. The van der Waals surface area contributed by atoms with Crippen LogP contribution in [0.1, 0.15) is 17.4 Å². The Morgan fingerprint density at radius 1 is 0.912 bits per heavy atom. The molecule has 2 amide bonds. The Labute approximate surface area is 199 Å². The van der Waals surface area contributed by atoms with E-state index in [-0.39, 0.29) is 19.1 Å². The van der Waals surface area contributed by atoms with Crippen LogP contribution in [0.2, 0.25) is 0 Å². The van der Waals surface area contributed by atoms with E-state index in [9.17, 15) is 9.59 Å². The topological polar surface area (TPSA) is 87.0 Å². The Morgan fingerprint density at radius 2 is 1.62 bits per heavy atom. The summed E-state index contributed by atoms with van der Waals surface area (Å²) in [4.78, 5) is 29.5. The molecule has 0 aliphatic carbocycles. The number of para-hydroxylation sites is 2. The van der Waals surface area contributed by atoms with Gasteiger partial charge >= 0.3 is 11.8 Å². The van der Waals surface area contributed by atoms with Crippen molar-refractivity contribution in [3.8, 4) is 5.75 Å². The van der Waals surface area contributed by atoms with Crippen molar-refractivity contribution in [1.29, 1.82) is 0 Å². The average Bonchev–Trinajstić information content (AvgIpc) is 3.43. The van der Waals surface area contributed by atoms with Crippen molar-refractivity contribution in [2.24, 2.45) is 0 Å². The fourth-order valence-electron chi connectivity index (χ4n) is 4.20. The molecule has 178 valence electrons. The lowest BCUT2D eigenvalue weighted by molar-refractivity contribution is -0.139. The second-order valence-electron chi connectivity index (χ2n) is 8.09. The van der Waals surface area contributed by atoms with E-state index in [4.69, 9.17) is 9.15 Å². The summed E-state index contributed by atoms with van der Waals surface area (Å²) in [6, 6.07) is 21.3. The molecular weight excluding hydrogens is 432 g/mol. The number of furan rings is 1. The normalized spacial score (nSPS) is 14.9. The highest BCUT2D eigenvalue weighted by molar-refractivity contribution is 6.35. The molecule has 2 aromatic carbocycles. The Balaban J connectivity index is 1.32. The van der Waals surface area contributed by atoms with Crippen molar-refractivity contribution in [3.63, 3.8) is 0 Å². The van der Waals surface area contributed by atoms with E-state index >= 15 is 0 Å². The van der Waals surface area contributed by atoms with E-state index in [1.54, 1.807) is 13.4 Å². The van der Waals surface area contributed by atoms with E-state index in [1.807, 2.05) is 54.6 Å². The summed E-state index contributed by atoms with van der Waals surface area (Å²) in [6.07, 6.45) is 1.63. The molecule has 1 fully saturated rings. The number of piperazine rings is 1. The van der Waals surface area contributed by atoms with Gasteiger partial charge in [-0.15, -0.1) is 0 Å². The molecule has 1 aliphatic heterocycles. The molecule has 4 rings (SSSR count). The van der Waals surface area contributed by atoms with E-state index in [0.29, 0.717) is 5.75 Å². The number of hydrogen-bond acceptors (Lipinski definition) is 6. The molecule has 2 N–H and O–H groups in total. The summed E-state index contributed by atoms with van der Waals surface area (Å²) in [7, 11) is 1.57. The van der Waals surface area contributed by atoms with Crippen molar-refractivity contribution in [2.75, 3.05) is 44.7 Å². The first-order chi connectivity index (χ1) is 16.7. The van der Waals surface area contributed by atoms with Crippen LogP contribution in [0.15, 0.2) is 77.4 Å². The van der Waals surface area contributed by atoms with E-state index < -0.39 is 11.8 Å². The molecular formula is C26H30N4O4. The summed E-state index contributed by atoms with van der Waals surface area (Å²) in [6.45, 7) is 3.86. The first-order valence-electron chi connectivity index (χ1n) is 11.4. The van der Waals surface area contributed by atoms with E-state index in [2.05, 4.69) is 32.6 Å². The minimum absolute atomic E-state index is 0.154. The molecule has 0 saturated carbocycles. The lowest BCUT2D eigenvalue weighted by Gasteiger charge is -2.39. The highest BCUT2D eigenvalue weighted by atomic mass is 16.5. The van der Waals surface area contributed by atoms with Crippen molar-refractivity contribution in [1.82, 2.24) is 15.5 Å². The molecule has 1 unspecified atom stereocenters. The average molecular weight is 463 g/mol. The molecule has 1 aromatic heterocycles. The van der Waals surface area contributed by atoms with Gasteiger partial charge in [-0.2, -0.15) is 0 Å². The fourth-order valence-corrected chi connectivity index (χ4v) is 4.20. The second kappa shape index (κ2) is 11.4. The van der Waals surface area contributed by atoms with Crippen LogP contribution in [0.25, 0.3) is 0 Å². The van der Waals surface area contributed by atoms with Crippen LogP contribution in [0.4, 0.5) is 5.69 Å². The second-order valence-corrected chi connectivity index (χ2v) is 8.09. The van der Waals surface area contributed by atoms with Gasteiger partial charge in [0.05, 0.1) is 19.4 Å². The quantitative estimate of drug-likeness (QED) is 0.501. The number of nitrogens with one attached hydrogen (secondary N) is 2. The lowest BCUT2D eigenvalue weighted by atomic mass is 10.1. The van der Waals surface area contributed by atoms with Gasteiger partial charge in [0.1, 0.15) is 11.5 Å². The molecule has 1 saturated heterocycles. The maximum atomic E-state index is 12.5. The first kappa shape index (κ1) is 23.4. The van der Waals surface area contributed by atoms with Gasteiger partial charge in [0, 0.05) is 50.5 Å². The van der Waals surface area contributed by atoms with Gasteiger partial charge in [-0.25, -0.2) is 0 Å². The number of ether oxygens (including phenoxy) is 1. The summed E-state index contributed by atoms with van der Waals surface area (Å²) >= 11 is 0. The minimum atomic E-state index is -0.682. The zero-order valence-electron chi connectivity index (χ0n) is 19.3. The van der Waals surface area contributed by atoms with Gasteiger partial charge in [0.15, 0.2) is 0 Å². The molecule has 3 aromatic rings. The van der Waals surface area contributed by atoms with Crippen LogP contribution in [-0.4, -0.2) is 56.5 Å². The van der Waals surface area contributed by atoms with Crippen molar-refractivity contribution in [3.05, 3.63) is 84.3 Å². The predicted molar refractivity (Wildman–Crippen MR) is 130 cm³/mol. The SMILES string of the molecule is COc1ccccc1CNC(=O)C(=O)NCC(c1ccco1)N1CCN(c2ccccc2)CC1. The molecule has 8 heteroatoms. The number of rotatable bonds is 8. The van der Waals surface area contributed by atoms with E-state index in [1.165, 1.54) is 5.69 Å². The molecule has 8 nitrogen and oxygen atoms in total. The molecule has 2 heterocycles. The maximum absolute atomic E-state index is 12.5. The molecule has 1 atom stereocenters. The Hall–Kier alpha value is -3.78. The number of carbonyl (C=O) groups is 2. The van der Waals surface area contributed by atoms with Gasteiger partial charge in [-0.1, -0.05) is 36.4 Å². The van der Waals surface area contributed by atoms with E-state index in [0.717, 1.165) is 37.5 Å². The number of methoxy groups -OCH3 is 1. The number of amides is 2. The first-order valence-corrected chi connectivity index (χ1v) is 11.4. The molecule has 34 heavy (non-hydrogen) atoms. The summed E-state index contributed by atoms with van der Waals surface area (Å²) in [5, 5.41) is 5.44. The Bertz CT molecular complexity index is 1060. The molecule has 1 aliphatic rings. The van der Waals surface area contributed by atoms with Gasteiger partial charge in [-0.05, 0) is 30.3 Å². The van der Waals surface area contributed by atoms with Crippen molar-refractivity contribution < 1.29 is 18.7 Å². The third-order valence-electron chi connectivity index (χ3n) is 6.04. The number of carbonyl (C=O) groups excluding carboxylic acids is 2. The largest absolute Gasteiger partial charge is 0.496 e.